The van der Waals surface area contributed by atoms with Crippen LogP contribution in [0.2, 0.25) is 0 Å². The predicted molar refractivity (Wildman–Crippen MR) is 273 cm³/mol. The van der Waals surface area contributed by atoms with Gasteiger partial charge in [0.1, 0.15) is 22.4 Å². The summed E-state index contributed by atoms with van der Waals surface area (Å²) in [5.74, 6) is -6.79. The number of H-pyrrole nitrogens is 2. The van der Waals surface area contributed by atoms with E-state index in [2.05, 4.69) is 30.6 Å². The van der Waals surface area contributed by atoms with Gasteiger partial charge in [0.05, 0.1) is 24.2 Å². The minimum Gasteiger partial charge on any atom is -0.478 e. The molecule has 10 rings (SSSR count). The third-order valence-corrected chi connectivity index (χ3v) is 12.2. The van der Waals surface area contributed by atoms with E-state index in [-0.39, 0.29) is 42.9 Å². The third kappa shape index (κ3) is 11.2. The van der Waals surface area contributed by atoms with E-state index in [1.807, 2.05) is 48.5 Å². The molecule has 0 unspecified atom stereocenters. The van der Waals surface area contributed by atoms with E-state index < -0.39 is 58.1 Å². The number of nitrogens with zero attached hydrogens (tertiary/aromatic N) is 4. The number of hydrogen-bond donors (Lipinski definition) is 6. The van der Waals surface area contributed by atoms with Crippen molar-refractivity contribution in [1.82, 2.24) is 39.7 Å². The fraction of sp³-hybridized carbons (Fsp3) is 0.0714. The van der Waals surface area contributed by atoms with Crippen LogP contribution >= 0.6 is 0 Å². The fourth-order valence-corrected chi connectivity index (χ4v) is 8.33. The van der Waals surface area contributed by atoms with Crippen molar-refractivity contribution in [3.8, 4) is 22.3 Å². The maximum absolute atomic E-state index is 13.5. The van der Waals surface area contributed by atoms with E-state index in [0.717, 1.165) is 63.0 Å². The van der Waals surface area contributed by atoms with Gasteiger partial charge >= 0.3 is 5.97 Å². The Morgan fingerprint density at radius 3 is 1.42 bits per heavy atom. The molecule has 0 saturated carbocycles. The number of carboxylic acid groups (broad SMARTS) is 1. The third-order valence-electron chi connectivity index (χ3n) is 12.2. The number of aromatic nitrogens is 6. The molecular weight excluding hydrogens is 987 g/mol. The molecule has 3 amide bonds. The number of rotatable bonds is 14. The van der Waals surface area contributed by atoms with Gasteiger partial charge in [0.15, 0.2) is 23.3 Å². The monoisotopic (exact) mass is 1030 g/mol. The van der Waals surface area contributed by atoms with Crippen LogP contribution in [-0.4, -0.2) is 57.9 Å². The zero-order valence-electron chi connectivity index (χ0n) is 39.6. The zero-order valence-corrected chi connectivity index (χ0v) is 39.6. The summed E-state index contributed by atoms with van der Waals surface area (Å²) in [5, 5.41) is 16.2. The number of amides is 3. The first-order valence-corrected chi connectivity index (χ1v) is 23.1. The molecule has 0 fully saturated rings. The second-order valence-electron chi connectivity index (χ2n) is 17.3. The number of benzene rings is 4. The molecule has 0 saturated heterocycles. The fourth-order valence-electron chi connectivity index (χ4n) is 8.33. The SMILES string of the molecule is NC(=O)c1cnc2[nH]cc(-c3cccc(CNC(=O)c4cccn(Cc5ccc(F)c(F)c5)c4=O)c3)c2c1.O=C(O)c1cnc2[nH]cc(-c3cccc(CNC(=O)c4cccn(Cc5ccc(F)c(F)c5)c4=O)c3)c2c1. The first-order valence-electron chi connectivity index (χ1n) is 23.1. The minimum atomic E-state index is -1.08. The molecule has 20 heteroatoms. The average Bonchev–Trinajstić information content (AvgIpc) is 4.06. The Morgan fingerprint density at radius 2 is 0.987 bits per heavy atom. The second kappa shape index (κ2) is 21.9. The summed E-state index contributed by atoms with van der Waals surface area (Å²) in [5.41, 5.74) is 11.1. The van der Waals surface area contributed by atoms with Crippen LogP contribution in [0.15, 0.2) is 168 Å². The van der Waals surface area contributed by atoms with Crippen LogP contribution in [0.1, 0.15) is 63.7 Å². The van der Waals surface area contributed by atoms with Crippen LogP contribution in [-0.2, 0) is 26.2 Å². The number of aromatic amines is 2. The molecule has 76 heavy (non-hydrogen) atoms. The predicted octanol–water partition coefficient (Wildman–Crippen LogP) is 8.09. The molecule has 6 heterocycles. The summed E-state index contributed by atoms with van der Waals surface area (Å²) in [6, 6.07) is 30.6. The number of carbonyl (C=O) groups excluding carboxylic acids is 3. The second-order valence-corrected chi connectivity index (χ2v) is 17.3. The summed E-state index contributed by atoms with van der Waals surface area (Å²) in [4.78, 5) is 88.8. The van der Waals surface area contributed by atoms with Crippen LogP contribution in [0.4, 0.5) is 17.6 Å². The highest BCUT2D eigenvalue weighted by molar-refractivity contribution is 6.01. The van der Waals surface area contributed by atoms with Crippen molar-refractivity contribution in [2.24, 2.45) is 5.73 Å². The van der Waals surface area contributed by atoms with Crippen LogP contribution in [0.25, 0.3) is 44.3 Å². The summed E-state index contributed by atoms with van der Waals surface area (Å²) >= 11 is 0. The van der Waals surface area contributed by atoms with E-state index in [1.165, 1.54) is 64.3 Å². The number of nitrogens with one attached hydrogen (secondary N) is 4. The number of nitrogens with two attached hydrogens (primary N) is 1. The molecule has 0 bridgehead atoms. The van der Waals surface area contributed by atoms with Crippen molar-refractivity contribution >= 4 is 45.8 Å². The molecular formula is C56H41F4N9O7. The van der Waals surface area contributed by atoms with Gasteiger partial charge in [-0.25, -0.2) is 32.3 Å². The van der Waals surface area contributed by atoms with E-state index >= 15 is 0 Å². The lowest BCUT2D eigenvalue weighted by Gasteiger charge is -2.10. The molecule has 6 aromatic heterocycles. The number of carboxylic acids is 1. The molecule has 0 aliphatic heterocycles. The smallest absolute Gasteiger partial charge is 0.337 e. The molecule has 10 aromatic rings. The zero-order chi connectivity index (χ0) is 53.6. The first kappa shape index (κ1) is 50.7. The van der Waals surface area contributed by atoms with Gasteiger partial charge in [-0.1, -0.05) is 48.5 Å². The molecule has 7 N–H and O–H groups in total. The normalized spacial score (nSPS) is 11.0. The van der Waals surface area contributed by atoms with E-state index in [1.54, 1.807) is 30.6 Å². The molecule has 0 aliphatic rings. The summed E-state index contributed by atoms with van der Waals surface area (Å²) in [6.45, 7) is 0.237. The molecule has 0 aliphatic carbocycles. The standard InChI is InChI=1S/C28H21F2N5O3.C28H20F2N4O4/c29-23-7-6-17(10-24(23)30)15-35-8-2-5-20(28(35)38)27(37)34-12-16-3-1-4-18(9-16)22-14-33-26-21(22)11-19(13-32-26)25(31)36;29-23-7-6-17(10-24(23)30)15-34-8-2-5-20(27(34)36)26(35)33-12-16-3-1-4-18(9-16)22-14-32-25-21(22)11-19(13-31-25)28(37)38/h1-11,13-14H,12,15H2,(H2,31,36)(H,32,33)(H,34,37);1-11,13-14H,12,15H2,(H,31,32)(H,33,35)(H,37,38). The number of carbonyl (C=O) groups is 4. The lowest BCUT2D eigenvalue weighted by molar-refractivity contribution is 0.0695. The molecule has 0 spiro atoms. The van der Waals surface area contributed by atoms with Crippen molar-refractivity contribution in [2.45, 2.75) is 26.2 Å². The highest BCUT2D eigenvalue weighted by Crippen LogP contribution is 2.30. The Morgan fingerprint density at radius 1 is 0.539 bits per heavy atom. The van der Waals surface area contributed by atoms with Gasteiger partial charge in [-0.05, 0) is 106 Å². The van der Waals surface area contributed by atoms with Crippen molar-refractivity contribution in [3.63, 3.8) is 0 Å². The summed E-state index contributed by atoms with van der Waals surface area (Å²) in [7, 11) is 0. The van der Waals surface area contributed by atoms with Gasteiger partial charge in [-0.15, -0.1) is 0 Å². The van der Waals surface area contributed by atoms with Gasteiger partial charge in [-0.2, -0.15) is 0 Å². The van der Waals surface area contributed by atoms with Crippen LogP contribution in [0.3, 0.4) is 0 Å². The van der Waals surface area contributed by atoms with Crippen LogP contribution in [0.5, 0.6) is 0 Å². The molecule has 0 atom stereocenters. The highest BCUT2D eigenvalue weighted by atomic mass is 19.2. The molecule has 380 valence electrons. The van der Waals surface area contributed by atoms with Crippen LogP contribution in [0, 0.1) is 23.3 Å². The van der Waals surface area contributed by atoms with E-state index in [9.17, 15) is 51.4 Å². The molecule has 16 nitrogen and oxygen atoms in total. The Hall–Kier alpha value is -10.2. The Kier molecular flexibility index (Phi) is 14.6. The van der Waals surface area contributed by atoms with Gasteiger partial charge in [0, 0.05) is 72.2 Å². The molecule has 0 radical (unpaired) electrons. The lowest BCUT2D eigenvalue weighted by atomic mass is 10.0. The van der Waals surface area contributed by atoms with Crippen molar-refractivity contribution < 1.29 is 41.8 Å². The average molecular weight is 1030 g/mol. The molecule has 4 aromatic carbocycles. The van der Waals surface area contributed by atoms with Gasteiger partial charge in [-0.3, -0.25) is 24.0 Å². The highest BCUT2D eigenvalue weighted by Gasteiger charge is 2.17. The number of pyridine rings is 4. The van der Waals surface area contributed by atoms with Gasteiger partial charge < -0.3 is 40.6 Å². The topological polar surface area (TPSA) is 240 Å². The largest absolute Gasteiger partial charge is 0.478 e. The van der Waals surface area contributed by atoms with Crippen molar-refractivity contribution in [1.29, 1.82) is 0 Å². The van der Waals surface area contributed by atoms with Crippen molar-refractivity contribution in [2.75, 3.05) is 0 Å². The maximum Gasteiger partial charge on any atom is 0.337 e. The number of primary amides is 1. The quantitative estimate of drug-likeness (QED) is 0.0576. The Balaban J connectivity index is 0.000000186. The van der Waals surface area contributed by atoms with E-state index in [4.69, 9.17) is 5.73 Å². The lowest BCUT2D eigenvalue weighted by Crippen LogP contribution is -2.32. The number of fused-ring (bicyclic) bond motifs is 2. The van der Waals surface area contributed by atoms with Crippen LogP contribution < -0.4 is 27.5 Å². The Labute approximate surface area is 427 Å². The number of halogens is 4. The summed E-state index contributed by atoms with van der Waals surface area (Å²) < 4.78 is 56.0. The summed E-state index contributed by atoms with van der Waals surface area (Å²) in [6.07, 6.45) is 9.15. The first-order chi connectivity index (χ1) is 36.6. The number of hydrogen-bond acceptors (Lipinski definition) is 8. The van der Waals surface area contributed by atoms with Gasteiger partial charge in [0.2, 0.25) is 5.91 Å². The minimum absolute atomic E-state index is 0.0177. The maximum atomic E-state index is 13.5. The van der Waals surface area contributed by atoms with E-state index in [0.29, 0.717) is 33.4 Å². The number of aromatic carboxylic acids is 1. The van der Waals surface area contributed by atoms with Gasteiger partial charge in [0.25, 0.3) is 22.9 Å². The van der Waals surface area contributed by atoms with Crippen molar-refractivity contribution in [3.05, 3.63) is 247 Å². The Bertz CT molecular complexity index is 3780.